The lowest BCUT2D eigenvalue weighted by Gasteiger charge is -2.32. The van der Waals surface area contributed by atoms with E-state index in [9.17, 15) is 19.2 Å². The van der Waals surface area contributed by atoms with Crippen LogP contribution in [0.3, 0.4) is 0 Å². The summed E-state index contributed by atoms with van der Waals surface area (Å²) in [6, 6.07) is 23.7. The monoisotopic (exact) mass is 539 g/mol. The molecule has 3 aromatic rings. The number of carbonyl (C=O) groups excluding carboxylic acids is 4. The van der Waals surface area contributed by atoms with Gasteiger partial charge in [-0.2, -0.15) is 0 Å². The van der Waals surface area contributed by atoms with Gasteiger partial charge in [-0.25, -0.2) is 0 Å². The normalized spacial score (nSPS) is 13.2. The van der Waals surface area contributed by atoms with Crippen molar-refractivity contribution in [1.29, 1.82) is 0 Å². The van der Waals surface area contributed by atoms with Gasteiger partial charge < -0.3 is 10.2 Å². The molecule has 3 aromatic carbocycles. The maximum Gasteiger partial charge on any atom is 0.261 e. The number of hydrogen-bond donors (Lipinski definition) is 1. The van der Waals surface area contributed by atoms with Crippen molar-refractivity contribution in [3.05, 3.63) is 107 Å². The van der Waals surface area contributed by atoms with Crippen molar-refractivity contribution >= 4 is 23.6 Å². The van der Waals surface area contributed by atoms with Gasteiger partial charge in [0.1, 0.15) is 6.04 Å². The number of hydrogen-bond acceptors (Lipinski definition) is 4. The topological polar surface area (TPSA) is 86.8 Å². The number of amides is 4. The van der Waals surface area contributed by atoms with Crippen molar-refractivity contribution < 1.29 is 19.2 Å². The molecule has 1 aliphatic rings. The summed E-state index contributed by atoms with van der Waals surface area (Å²) < 4.78 is 0. The Kier molecular flexibility index (Phi) is 9.84. The molecule has 0 radical (unpaired) electrons. The summed E-state index contributed by atoms with van der Waals surface area (Å²) in [4.78, 5) is 55.7. The van der Waals surface area contributed by atoms with Crippen LogP contribution in [0.25, 0.3) is 0 Å². The third-order valence-corrected chi connectivity index (χ3v) is 7.22. The van der Waals surface area contributed by atoms with Gasteiger partial charge in [0.25, 0.3) is 11.8 Å². The van der Waals surface area contributed by atoms with E-state index in [1.165, 1.54) is 4.90 Å². The van der Waals surface area contributed by atoms with Crippen LogP contribution >= 0.6 is 0 Å². The van der Waals surface area contributed by atoms with Gasteiger partial charge in [-0.05, 0) is 43.0 Å². The number of fused-ring (bicyclic) bond motifs is 1. The van der Waals surface area contributed by atoms with Crippen LogP contribution in [-0.2, 0) is 22.6 Å². The Morgan fingerprint density at radius 3 is 2.08 bits per heavy atom. The van der Waals surface area contributed by atoms with E-state index >= 15 is 0 Å². The van der Waals surface area contributed by atoms with Crippen molar-refractivity contribution in [3.8, 4) is 0 Å². The zero-order chi connectivity index (χ0) is 28.5. The Labute approximate surface area is 236 Å². The summed E-state index contributed by atoms with van der Waals surface area (Å²) >= 11 is 0. The van der Waals surface area contributed by atoms with E-state index in [1.54, 1.807) is 29.2 Å². The molecule has 1 heterocycles. The highest BCUT2D eigenvalue weighted by atomic mass is 16.2. The SMILES string of the molecule is CCCCNC(=O)[C@H](Cc1ccccc1)N(Cc1ccc(C)cc1)C(=O)CCCN1C(=O)c2ccccc2C1=O. The Balaban J connectivity index is 1.53. The number of carbonyl (C=O) groups is 4. The fraction of sp³-hybridized carbons (Fsp3) is 0.333. The first kappa shape index (κ1) is 28.7. The van der Waals surface area contributed by atoms with Gasteiger partial charge in [-0.3, -0.25) is 24.1 Å². The fourth-order valence-electron chi connectivity index (χ4n) is 4.92. The molecule has 0 aromatic heterocycles. The Bertz CT molecular complexity index is 1300. The van der Waals surface area contributed by atoms with Gasteiger partial charge in [0.15, 0.2) is 0 Å². The number of rotatable bonds is 13. The molecule has 208 valence electrons. The number of imide groups is 1. The lowest BCUT2D eigenvalue weighted by atomic mass is 10.0. The molecule has 0 aliphatic carbocycles. The maximum atomic E-state index is 13.8. The molecule has 0 fully saturated rings. The number of aryl methyl sites for hydroxylation is 1. The van der Waals surface area contributed by atoms with E-state index in [-0.39, 0.29) is 43.1 Å². The minimum absolute atomic E-state index is 0.104. The molecule has 4 amide bonds. The number of benzene rings is 3. The first-order valence-electron chi connectivity index (χ1n) is 14.0. The van der Waals surface area contributed by atoms with Gasteiger partial charge in [-0.1, -0.05) is 85.6 Å². The number of unbranched alkanes of at least 4 members (excludes halogenated alkanes) is 1. The molecule has 1 N–H and O–H groups in total. The van der Waals surface area contributed by atoms with Crippen molar-refractivity contribution in [1.82, 2.24) is 15.1 Å². The van der Waals surface area contributed by atoms with Gasteiger partial charge in [0.2, 0.25) is 11.8 Å². The Hall–Kier alpha value is -4.26. The Morgan fingerprint density at radius 2 is 1.45 bits per heavy atom. The molecule has 0 spiro atoms. The number of nitrogens with one attached hydrogen (secondary N) is 1. The molecule has 1 atom stereocenters. The van der Waals surface area contributed by atoms with Crippen LogP contribution in [0.1, 0.15) is 70.0 Å². The second kappa shape index (κ2) is 13.7. The highest BCUT2D eigenvalue weighted by molar-refractivity contribution is 6.21. The smallest absolute Gasteiger partial charge is 0.261 e. The summed E-state index contributed by atoms with van der Waals surface area (Å²) in [5.74, 6) is -1.04. The van der Waals surface area contributed by atoms with E-state index in [2.05, 4.69) is 12.2 Å². The van der Waals surface area contributed by atoms with Crippen LogP contribution < -0.4 is 5.32 Å². The fourth-order valence-corrected chi connectivity index (χ4v) is 4.92. The molecule has 0 unspecified atom stereocenters. The summed E-state index contributed by atoms with van der Waals surface area (Å²) in [5, 5.41) is 3.03. The van der Waals surface area contributed by atoms with Crippen LogP contribution in [0.5, 0.6) is 0 Å². The molecule has 7 heteroatoms. The third kappa shape index (κ3) is 7.03. The van der Waals surface area contributed by atoms with Crippen LogP contribution in [-0.4, -0.2) is 52.6 Å². The average Bonchev–Trinajstić information content (AvgIpc) is 3.21. The largest absolute Gasteiger partial charge is 0.354 e. The highest BCUT2D eigenvalue weighted by Crippen LogP contribution is 2.23. The van der Waals surface area contributed by atoms with Gasteiger partial charge in [0.05, 0.1) is 11.1 Å². The Morgan fingerprint density at radius 1 is 0.825 bits per heavy atom. The van der Waals surface area contributed by atoms with E-state index in [1.807, 2.05) is 61.5 Å². The number of nitrogens with zero attached hydrogens (tertiary/aromatic N) is 2. The maximum absolute atomic E-state index is 13.8. The molecular weight excluding hydrogens is 502 g/mol. The third-order valence-electron chi connectivity index (χ3n) is 7.22. The van der Waals surface area contributed by atoms with E-state index in [0.717, 1.165) is 29.5 Å². The molecule has 40 heavy (non-hydrogen) atoms. The quantitative estimate of drug-likeness (QED) is 0.247. The lowest BCUT2D eigenvalue weighted by molar-refractivity contribution is -0.141. The van der Waals surface area contributed by atoms with E-state index in [4.69, 9.17) is 0 Å². The standard InChI is InChI=1S/C33H37N3O4/c1-3-4-20-34-31(38)29(22-25-11-6-5-7-12-25)36(23-26-18-16-24(2)17-19-26)30(37)15-10-21-35-32(39)27-13-8-9-14-28(27)33(35)40/h5-9,11-14,16-19,29H,3-4,10,15,20-23H2,1-2H3,(H,34,38)/t29-/m0/s1. The molecule has 1 aliphatic heterocycles. The van der Waals surface area contributed by atoms with Gasteiger partial charge in [0, 0.05) is 32.5 Å². The predicted octanol–water partition coefficient (Wildman–Crippen LogP) is 4.93. The highest BCUT2D eigenvalue weighted by Gasteiger charge is 2.35. The molecule has 7 nitrogen and oxygen atoms in total. The van der Waals surface area contributed by atoms with Crippen molar-refractivity contribution in [2.45, 2.75) is 58.5 Å². The lowest BCUT2D eigenvalue weighted by Crippen LogP contribution is -2.50. The summed E-state index contributed by atoms with van der Waals surface area (Å²) in [7, 11) is 0. The first-order chi connectivity index (χ1) is 19.4. The molecule has 0 saturated heterocycles. The van der Waals surface area contributed by atoms with Crippen molar-refractivity contribution in [2.24, 2.45) is 0 Å². The zero-order valence-corrected chi connectivity index (χ0v) is 23.3. The van der Waals surface area contributed by atoms with Crippen molar-refractivity contribution in [3.63, 3.8) is 0 Å². The summed E-state index contributed by atoms with van der Waals surface area (Å²) in [6.45, 7) is 5.04. The predicted molar refractivity (Wildman–Crippen MR) is 155 cm³/mol. The molecular formula is C33H37N3O4. The van der Waals surface area contributed by atoms with E-state index in [0.29, 0.717) is 30.5 Å². The summed E-state index contributed by atoms with van der Waals surface area (Å²) in [6.07, 6.45) is 2.61. The van der Waals surface area contributed by atoms with Crippen LogP contribution in [0, 0.1) is 6.92 Å². The second-order valence-corrected chi connectivity index (χ2v) is 10.3. The minimum Gasteiger partial charge on any atom is -0.354 e. The van der Waals surface area contributed by atoms with Crippen molar-refractivity contribution in [2.75, 3.05) is 13.1 Å². The average molecular weight is 540 g/mol. The second-order valence-electron chi connectivity index (χ2n) is 10.3. The van der Waals surface area contributed by atoms with Gasteiger partial charge in [-0.15, -0.1) is 0 Å². The van der Waals surface area contributed by atoms with Crippen LogP contribution in [0.2, 0.25) is 0 Å². The zero-order valence-electron chi connectivity index (χ0n) is 23.3. The molecule has 0 bridgehead atoms. The first-order valence-corrected chi connectivity index (χ1v) is 14.0. The van der Waals surface area contributed by atoms with E-state index < -0.39 is 6.04 Å². The minimum atomic E-state index is -0.702. The van der Waals surface area contributed by atoms with Crippen LogP contribution in [0.15, 0.2) is 78.9 Å². The van der Waals surface area contributed by atoms with Crippen LogP contribution in [0.4, 0.5) is 0 Å². The molecule has 4 rings (SSSR count). The molecule has 0 saturated carbocycles. The summed E-state index contributed by atoms with van der Waals surface area (Å²) in [5.41, 5.74) is 3.79. The van der Waals surface area contributed by atoms with Gasteiger partial charge >= 0.3 is 0 Å².